The molecular weight excluding hydrogens is 287 g/mol. The Hall–Kier alpha value is -1.81. The van der Waals surface area contributed by atoms with Gasteiger partial charge in [0, 0.05) is 10.6 Å². The number of carbonyl (C=O) groups is 1. The highest BCUT2D eigenvalue weighted by molar-refractivity contribution is 7.98. The Labute approximate surface area is 127 Å². The largest absolute Gasteiger partial charge is 0.478 e. The highest BCUT2D eigenvalue weighted by atomic mass is 32.2. The summed E-state index contributed by atoms with van der Waals surface area (Å²) in [6, 6.07) is 10.8. The smallest absolute Gasteiger partial charge is 0.338 e. The maximum atomic E-state index is 13.3. The molecule has 0 radical (unpaired) electrons. The molecule has 0 spiro atoms. The lowest BCUT2D eigenvalue weighted by Gasteiger charge is -2.06. The second-order valence-corrected chi connectivity index (χ2v) is 6.24. The molecule has 0 fully saturated rings. The maximum absolute atomic E-state index is 13.3. The van der Waals surface area contributed by atoms with E-state index in [9.17, 15) is 9.18 Å². The fourth-order valence-electron chi connectivity index (χ4n) is 2.63. The minimum Gasteiger partial charge on any atom is -0.478 e. The fraction of sp³-hybridized carbons (Fsp3) is 0.235. The minimum absolute atomic E-state index is 0.262. The third-order valence-electron chi connectivity index (χ3n) is 3.74. The first-order valence-corrected chi connectivity index (χ1v) is 7.88. The van der Waals surface area contributed by atoms with Crippen molar-refractivity contribution in [3.8, 4) is 0 Å². The number of carboxylic acid groups (broad SMARTS) is 1. The van der Waals surface area contributed by atoms with Crippen LogP contribution in [-0.4, -0.2) is 11.1 Å². The van der Waals surface area contributed by atoms with Crippen molar-refractivity contribution in [1.29, 1.82) is 0 Å². The van der Waals surface area contributed by atoms with Crippen LogP contribution < -0.4 is 0 Å². The van der Waals surface area contributed by atoms with E-state index in [-0.39, 0.29) is 5.56 Å². The van der Waals surface area contributed by atoms with Crippen LogP contribution in [0.15, 0.2) is 41.3 Å². The van der Waals surface area contributed by atoms with Crippen molar-refractivity contribution in [3.05, 3.63) is 64.5 Å². The maximum Gasteiger partial charge on any atom is 0.338 e. The van der Waals surface area contributed by atoms with Gasteiger partial charge in [-0.15, -0.1) is 11.8 Å². The number of hydrogen-bond donors (Lipinski definition) is 1. The molecule has 108 valence electrons. The van der Waals surface area contributed by atoms with E-state index in [1.54, 1.807) is 17.8 Å². The van der Waals surface area contributed by atoms with Gasteiger partial charge in [-0.3, -0.25) is 0 Å². The number of aromatic carboxylic acids is 1. The Morgan fingerprint density at radius 1 is 1.14 bits per heavy atom. The summed E-state index contributed by atoms with van der Waals surface area (Å²) < 4.78 is 13.3. The van der Waals surface area contributed by atoms with Crippen molar-refractivity contribution in [3.63, 3.8) is 0 Å². The van der Waals surface area contributed by atoms with Gasteiger partial charge in [0.2, 0.25) is 0 Å². The lowest BCUT2D eigenvalue weighted by Crippen LogP contribution is -2.01. The number of thioether (sulfide) groups is 1. The van der Waals surface area contributed by atoms with Crippen LogP contribution in [0.5, 0.6) is 0 Å². The summed E-state index contributed by atoms with van der Waals surface area (Å²) in [5.74, 6) is -1.27. The first-order valence-electron chi connectivity index (χ1n) is 6.90. The van der Waals surface area contributed by atoms with E-state index < -0.39 is 11.8 Å². The van der Waals surface area contributed by atoms with Gasteiger partial charge in [-0.1, -0.05) is 12.1 Å². The van der Waals surface area contributed by atoms with Crippen molar-refractivity contribution < 1.29 is 14.3 Å². The standard InChI is InChI=1S/C17H15FO2S/c18-16-7-4-11(8-15(16)17(19)20)10-21-14-6-5-12-2-1-3-13(12)9-14/h4-9H,1-3,10H2,(H,19,20). The molecule has 0 bridgehead atoms. The van der Waals surface area contributed by atoms with Gasteiger partial charge in [-0.25, -0.2) is 9.18 Å². The summed E-state index contributed by atoms with van der Waals surface area (Å²) in [7, 11) is 0. The third-order valence-corrected chi connectivity index (χ3v) is 4.80. The van der Waals surface area contributed by atoms with Crippen LogP contribution in [0, 0.1) is 5.82 Å². The Kier molecular flexibility index (Phi) is 3.97. The number of hydrogen-bond acceptors (Lipinski definition) is 2. The zero-order chi connectivity index (χ0) is 14.8. The van der Waals surface area contributed by atoms with Crippen LogP contribution in [0.4, 0.5) is 4.39 Å². The average Bonchev–Trinajstić information content (AvgIpc) is 2.93. The number of fused-ring (bicyclic) bond motifs is 1. The number of rotatable bonds is 4. The normalized spacial score (nSPS) is 13.2. The highest BCUT2D eigenvalue weighted by Crippen LogP contribution is 2.29. The van der Waals surface area contributed by atoms with E-state index in [4.69, 9.17) is 5.11 Å². The van der Waals surface area contributed by atoms with E-state index in [1.807, 2.05) is 0 Å². The molecule has 0 saturated heterocycles. The van der Waals surface area contributed by atoms with Crippen LogP contribution in [-0.2, 0) is 18.6 Å². The molecule has 0 atom stereocenters. The molecule has 21 heavy (non-hydrogen) atoms. The molecule has 0 amide bonds. The van der Waals surface area contributed by atoms with Gasteiger partial charge in [0.15, 0.2) is 0 Å². The summed E-state index contributed by atoms with van der Waals surface area (Å²) in [5, 5.41) is 8.93. The summed E-state index contributed by atoms with van der Waals surface area (Å²) in [6.07, 6.45) is 3.53. The first-order chi connectivity index (χ1) is 10.1. The number of carboxylic acids is 1. The van der Waals surface area contributed by atoms with Crippen LogP contribution in [0.2, 0.25) is 0 Å². The Bertz CT molecular complexity index is 697. The summed E-state index contributed by atoms with van der Waals surface area (Å²) >= 11 is 1.65. The van der Waals surface area contributed by atoms with Crippen LogP contribution in [0.1, 0.15) is 33.5 Å². The average molecular weight is 302 g/mol. The highest BCUT2D eigenvalue weighted by Gasteiger charge is 2.12. The van der Waals surface area contributed by atoms with Gasteiger partial charge in [0.05, 0.1) is 5.56 Å². The quantitative estimate of drug-likeness (QED) is 0.855. The van der Waals surface area contributed by atoms with Gasteiger partial charge in [0.1, 0.15) is 5.82 Å². The molecule has 0 saturated carbocycles. The van der Waals surface area contributed by atoms with Gasteiger partial charge >= 0.3 is 5.97 Å². The minimum atomic E-state index is -1.23. The second kappa shape index (κ2) is 5.90. The van der Waals surface area contributed by atoms with Crippen molar-refractivity contribution in [2.75, 3.05) is 0 Å². The van der Waals surface area contributed by atoms with Gasteiger partial charge < -0.3 is 5.11 Å². The molecule has 4 heteroatoms. The van der Waals surface area contributed by atoms with Gasteiger partial charge in [-0.2, -0.15) is 0 Å². The van der Waals surface area contributed by atoms with Crippen LogP contribution >= 0.6 is 11.8 Å². The number of halogens is 1. The molecule has 1 aliphatic carbocycles. The Morgan fingerprint density at radius 2 is 1.95 bits per heavy atom. The summed E-state index contributed by atoms with van der Waals surface area (Å²) in [6.45, 7) is 0. The van der Waals surface area contributed by atoms with Crippen LogP contribution in [0.25, 0.3) is 0 Å². The molecule has 1 N–H and O–H groups in total. The van der Waals surface area contributed by atoms with E-state index in [2.05, 4.69) is 18.2 Å². The molecule has 0 heterocycles. The predicted molar refractivity (Wildman–Crippen MR) is 81.4 cm³/mol. The molecule has 0 aromatic heterocycles. The number of benzene rings is 2. The van der Waals surface area contributed by atoms with Crippen molar-refractivity contribution >= 4 is 17.7 Å². The van der Waals surface area contributed by atoms with E-state index in [0.717, 1.165) is 12.0 Å². The van der Waals surface area contributed by atoms with E-state index in [0.29, 0.717) is 5.75 Å². The molecule has 2 aromatic carbocycles. The predicted octanol–water partition coefficient (Wildman–Crippen LogP) is 4.30. The third kappa shape index (κ3) is 3.10. The summed E-state index contributed by atoms with van der Waals surface area (Å²) in [5.41, 5.74) is 3.42. The lowest BCUT2D eigenvalue weighted by atomic mass is 10.1. The van der Waals surface area contributed by atoms with E-state index in [1.165, 1.54) is 41.0 Å². The molecule has 2 aromatic rings. The van der Waals surface area contributed by atoms with E-state index >= 15 is 0 Å². The Morgan fingerprint density at radius 3 is 2.76 bits per heavy atom. The zero-order valence-corrected chi connectivity index (χ0v) is 12.3. The SMILES string of the molecule is O=C(O)c1cc(CSc2ccc3c(c2)CCC3)ccc1F. The molecule has 1 aliphatic rings. The van der Waals surface area contributed by atoms with Gasteiger partial charge in [-0.05, 0) is 60.2 Å². The molecule has 3 rings (SSSR count). The summed E-state index contributed by atoms with van der Waals surface area (Å²) in [4.78, 5) is 12.1. The monoisotopic (exact) mass is 302 g/mol. The second-order valence-electron chi connectivity index (χ2n) is 5.19. The van der Waals surface area contributed by atoms with Gasteiger partial charge in [0.25, 0.3) is 0 Å². The van der Waals surface area contributed by atoms with Crippen molar-refractivity contribution in [1.82, 2.24) is 0 Å². The van der Waals surface area contributed by atoms with Crippen molar-refractivity contribution in [2.24, 2.45) is 0 Å². The topological polar surface area (TPSA) is 37.3 Å². The zero-order valence-electron chi connectivity index (χ0n) is 11.4. The molecule has 0 unspecified atom stereocenters. The molecular formula is C17H15FO2S. The molecule has 2 nitrogen and oxygen atoms in total. The van der Waals surface area contributed by atoms with Crippen molar-refractivity contribution in [2.45, 2.75) is 29.9 Å². The first kappa shape index (κ1) is 14.1. The number of aryl methyl sites for hydroxylation is 2. The Balaban J connectivity index is 1.73. The van der Waals surface area contributed by atoms with Crippen LogP contribution in [0.3, 0.4) is 0 Å². The lowest BCUT2D eigenvalue weighted by molar-refractivity contribution is 0.0692. The molecule has 0 aliphatic heterocycles. The fourth-order valence-corrected chi connectivity index (χ4v) is 3.53.